The van der Waals surface area contributed by atoms with Crippen LogP contribution < -0.4 is 21.7 Å². The number of H-pyrrole nitrogens is 1. The summed E-state index contributed by atoms with van der Waals surface area (Å²) in [5, 5.41) is 34.4. The van der Waals surface area contributed by atoms with Crippen LogP contribution in [0.1, 0.15) is 11.3 Å². The number of nitrogens with one attached hydrogen (secondary N) is 4. The van der Waals surface area contributed by atoms with Gasteiger partial charge in [0.05, 0.1) is 25.6 Å². The Bertz CT molecular complexity index is 954. The topological polar surface area (TPSA) is 220 Å². The molecule has 0 spiro atoms. The highest BCUT2D eigenvalue weighted by Gasteiger charge is 2.30. The molecule has 0 saturated heterocycles. The standard InChI is InChI=1S/C21H28N6O7/c22-14(6-12-4-2-1-3-5-12)18(30)25-15(7-13-8-23-11-24-13)19(31)26-16(9-28)20(32)27-17(10-29)21(33)34/h1-5,8,11,14-17,28-29H,6-7,9-10,22H2,(H,23,24)(H,25,30)(H,26,31)(H,27,32)(H,33,34). The van der Waals surface area contributed by atoms with Crippen LogP contribution >= 0.6 is 0 Å². The number of benzene rings is 1. The van der Waals surface area contributed by atoms with Crippen molar-refractivity contribution in [3.63, 3.8) is 0 Å². The molecule has 34 heavy (non-hydrogen) atoms. The Balaban J connectivity index is 2.09. The van der Waals surface area contributed by atoms with E-state index >= 15 is 0 Å². The quantitative estimate of drug-likeness (QED) is 0.148. The first kappa shape index (κ1) is 26.4. The Kier molecular flexibility index (Phi) is 10.1. The third-order valence-corrected chi connectivity index (χ3v) is 4.86. The molecular formula is C21H28N6O7. The van der Waals surface area contributed by atoms with Crippen LogP contribution in [-0.2, 0) is 32.0 Å². The first-order valence-corrected chi connectivity index (χ1v) is 10.4. The SMILES string of the molecule is NC(Cc1ccccc1)C(=O)NC(Cc1cnc[nH]1)C(=O)NC(CO)C(=O)NC(CO)C(=O)O. The van der Waals surface area contributed by atoms with Gasteiger partial charge >= 0.3 is 5.97 Å². The minimum absolute atomic E-state index is 0.0240. The van der Waals surface area contributed by atoms with E-state index in [0.29, 0.717) is 5.69 Å². The van der Waals surface area contributed by atoms with Gasteiger partial charge in [0.15, 0.2) is 0 Å². The fraction of sp³-hybridized carbons (Fsp3) is 0.381. The Morgan fingerprint density at radius 2 is 1.47 bits per heavy atom. The summed E-state index contributed by atoms with van der Waals surface area (Å²) in [4.78, 5) is 55.5. The van der Waals surface area contributed by atoms with Crippen molar-refractivity contribution < 1.29 is 34.5 Å². The Hall–Kier alpha value is -3.81. The van der Waals surface area contributed by atoms with Gasteiger partial charge in [0.1, 0.15) is 18.1 Å². The molecule has 13 heteroatoms. The molecule has 0 radical (unpaired) electrons. The lowest BCUT2D eigenvalue weighted by Crippen LogP contribution is -2.59. The monoisotopic (exact) mass is 476 g/mol. The molecule has 4 unspecified atom stereocenters. The largest absolute Gasteiger partial charge is 0.480 e. The summed E-state index contributed by atoms with van der Waals surface area (Å²) in [7, 11) is 0. The fourth-order valence-electron chi connectivity index (χ4n) is 2.99. The zero-order valence-corrected chi connectivity index (χ0v) is 18.2. The molecule has 1 aromatic carbocycles. The number of nitrogens with zero attached hydrogens (tertiary/aromatic N) is 1. The molecule has 0 aliphatic rings. The summed E-state index contributed by atoms with van der Waals surface area (Å²) in [6.45, 7) is -1.74. The van der Waals surface area contributed by atoms with Gasteiger partial charge in [-0.15, -0.1) is 0 Å². The number of hydrogen-bond acceptors (Lipinski definition) is 8. The van der Waals surface area contributed by atoms with Crippen LogP contribution in [0, 0.1) is 0 Å². The number of aromatic amines is 1. The van der Waals surface area contributed by atoms with E-state index in [1.807, 2.05) is 23.5 Å². The van der Waals surface area contributed by atoms with Gasteiger partial charge in [0.2, 0.25) is 17.7 Å². The number of hydrogen-bond donors (Lipinski definition) is 8. The maximum Gasteiger partial charge on any atom is 0.328 e. The Morgan fingerprint density at radius 3 is 2.03 bits per heavy atom. The average molecular weight is 476 g/mol. The van der Waals surface area contributed by atoms with Crippen LogP contribution in [0.25, 0.3) is 0 Å². The number of aliphatic hydroxyl groups excluding tert-OH is 2. The Morgan fingerprint density at radius 1 is 0.882 bits per heavy atom. The van der Waals surface area contributed by atoms with Crippen molar-refractivity contribution in [2.24, 2.45) is 5.73 Å². The number of aliphatic hydroxyl groups is 2. The lowest BCUT2D eigenvalue weighted by Gasteiger charge is -2.24. The second-order valence-corrected chi connectivity index (χ2v) is 7.46. The van der Waals surface area contributed by atoms with Gasteiger partial charge in [-0.3, -0.25) is 14.4 Å². The van der Waals surface area contributed by atoms with Gasteiger partial charge in [-0.25, -0.2) is 9.78 Å². The third-order valence-electron chi connectivity index (χ3n) is 4.86. The van der Waals surface area contributed by atoms with Crippen LogP contribution in [0.2, 0.25) is 0 Å². The summed E-state index contributed by atoms with van der Waals surface area (Å²) in [5.41, 5.74) is 7.33. The molecule has 0 fully saturated rings. The minimum Gasteiger partial charge on any atom is -0.480 e. The number of aliphatic carboxylic acids is 1. The van der Waals surface area contributed by atoms with Gasteiger partial charge in [-0.1, -0.05) is 30.3 Å². The number of carboxylic acid groups (broad SMARTS) is 1. The molecule has 9 N–H and O–H groups in total. The number of rotatable bonds is 13. The second kappa shape index (κ2) is 13.0. The molecule has 0 aliphatic heterocycles. The molecule has 184 valence electrons. The van der Waals surface area contributed by atoms with E-state index in [0.717, 1.165) is 5.56 Å². The van der Waals surface area contributed by atoms with Gasteiger partial charge in [-0.2, -0.15) is 0 Å². The molecule has 2 rings (SSSR count). The number of aromatic nitrogens is 2. The van der Waals surface area contributed by atoms with E-state index < -0.39 is 61.1 Å². The molecule has 4 atom stereocenters. The number of carbonyl (C=O) groups excluding carboxylic acids is 3. The summed E-state index contributed by atoms with van der Waals surface area (Å²) in [6.07, 6.45) is 3.04. The first-order valence-electron chi connectivity index (χ1n) is 10.4. The van der Waals surface area contributed by atoms with Crippen LogP contribution in [-0.4, -0.2) is 86.4 Å². The highest BCUT2D eigenvalue weighted by molar-refractivity contribution is 5.94. The molecule has 0 bridgehead atoms. The van der Waals surface area contributed by atoms with E-state index in [1.54, 1.807) is 12.1 Å². The maximum absolute atomic E-state index is 12.9. The van der Waals surface area contributed by atoms with Crippen LogP contribution in [0.15, 0.2) is 42.9 Å². The zero-order chi connectivity index (χ0) is 25.1. The van der Waals surface area contributed by atoms with Gasteiger partial charge < -0.3 is 42.0 Å². The number of imidazole rings is 1. The molecule has 0 aliphatic carbocycles. The van der Waals surface area contributed by atoms with Crippen molar-refractivity contribution in [3.05, 3.63) is 54.1 Å². The van der Waals surface area contributed by atoms with Crippen molar-refractivity contribution in [2.45, 2.75) is 37.0 Å². The van der Waals surface area contributed by atoms with Crippen LogP contribution in [0.5, 0.6) is 0 Å². The molecule has 0 saturated carbocycles. The van der Waals surface area contributed by atoms with Gasteiger partial charge in [0.25, 0.3) is 0 Å². The van der Waals surface area contributed by atoms with Crippen LogP contribution in [0.3, 0.4) is 0 Å². The number of nitrogens with two attached hydrogens (primary N) is 1. The molecular weight excluding hydrogens is 448 g/mol. The highest BCUT2D eigenvalue weighted by atomic mass is 16.4. The smallest absolute Gasteiger partial charge is 0.328 e. The lowest BCUT2D eigenvalue weighted by molar-refractivity contribution is -0.143. The number of carbonyl (C=O) groups is 4. The molecule has 3 amide bonds. The van der Waals surface area contributed by atoms with E-state index in [4.69, 9.17) is 15.9 Å². The second-order valence-electron chi connectivity index (χ2n) is 7.46. The normalized spacial score (nSPS) is 14.3. The average Bonchev–Trinajstić information content (AvgIpc) is 3.33. The van der Waals surface area contributed by atoms with Crippen molar-refractivity contribution >= 4 is 23.7 Å². The summed E-state index contributed by atoms with van der Waals surface area (Å²) in [6, 6.07) is 3.76. The minimum atomic E-state index is -1.62. The Labute approximate surface area is 194 Å². The fourth-order valence-corrected chi connectivity index (χ4v) is 2.99. The van der Waals surface area contributed by atoms with Crippen molar-refractivity contribution in [2.75, 3.05) is 13.2 Å². The number of carboxylic acids is 1. The summed E-state index contributed by atoms with van der Waals surface area (Å²) in [5.74, 6) is -3.94. The van der Waals surface area contributed by atoms with E-state index in [1.165, 1.54) is 12.5 Å². The predicted molar refractivity (Wildman–Crippen MR) is 118 cm³/mol. The summed E-state index contributed by atoms with van der Waals surface area (Å²) < 4.78 is 0. The highest BCUT2D eigenvalue weighted by Crippen LogP contribution is 2.04. The molecule has 13 nitrogen and oxygen atoms in total. The van der Waals surface area contributed by atoms with Gasteiger partial charge in [-0.05, 0) is 12.0 Å². The molecule has 1 heterocycles. The van der Waals surface area contributed by atoms with E-state index in [-0.39, 0.29) is 12.8 Å². The predicted octanol–water partition coefficient (Wildman–Crippen LogP) is -2.95. The van der Waals surface area contributed by atoms with Gasteiger partial charge in [0, 0.05) is 18.3 Å². The lowest BCUT2D eigenvalue weighted by atomic mass is 10.0. The molecule has 2 aromatic rings. The first-order chi connectivity index (χ1) is 16.2. The van der Waals surface area contributed by atoms with Crippen molar-refractivity contribution in [3.8, 4) is 0 Å². The van der Waals surface area contributed by atoms with Crippen LogP contribution in [0.4, 0.5) is 0 Å². The van der Waals surface area contributed by atoms with E-state index in [9.17, 15) is 24.3 Å². The summed E-state index contributed by atoms with van der Waals surface area (Å²) >= 11 is 0. The number of amides is 3. The zero-order valence-electron chi connectivity index (χ0n) is 18.2. The van der Waals surface area contributed by atoms with E-state index in [2.05, 4.69) is 20.6 Å². The third kappa shape index (κ3) is 7.95. The van der Waals surface area contributed by atoms with Crippen molar-refractivity contribution in [1.29, 1.82) is 0 Å². The van der Waals surface area contributed by atoms with Crippen molar-refractivity contribution in [1.82, 2.24) is 25.9 Å². The molecule has 1 aromatic heterocycles. The maximum atomic E-state index is 12.9.